The van der Waals surface area contributed by atoms with Crippen LogP contribution in [0.2, 0.25) is 10.0 Å². The molecule has 5 heteroatoms. The smallest absolute Gasteiger partial charge is 0.251 e. The van der Waals surface area contributed by atoms with Gasteiger partial charge >= 0.3 is 0 Å². The maximum Gasteiger partial charge on any atom is 0.251 e. The molecule has 1 aromatic heterocycles. The second-order valence-electron chi connectivity index (χ2n) is 5.43. The molecule has 1 amide bonds. The number of hydrogen-bond donors (Lipinski definition) is 1. The second kappa shape index (κ2) is 6.46. The van der Waals surface area contributed by atoms with Gasteiger partial charge in [0, 0.05) is 40.0 Å². The lowest BCUT2D eigenvalue weighted by Crippen LogP contribution is -2.36. The molecule has 2 rings (SSSR count). The van der Waals surface area contributed by atoms with Crippen molar-refractivity contribution in [3.05, 3.63) is 63.9 Å². The minimum Gasteiger partial charge on any atom is -0.351 e. The Balaban J connectivity index is 2.09. The summed E-state index contributed by atoms with van der Waals surface area (Å²) in [6.45, 7) is 4.51. The molecule has 0 radical (unpaired) electrons. The lowest BCUT2D eigenvalue weighted by atomic mass is 9.84. The molecule has 0 aliphatic rings. The van der Waals surface area contributed by atoms with Gasteiger partial charge in [-0.25, -0.2) is 0 Å². The molecule has 0 fully saturated rings. The summed E-state index contributed by atoms with van der Waals surface area (Å²) in [6, 6.07) is 8.76. The zero-order valence-electron chi connectivity index (χ0n) is 11.9. The monoisotopic (exact) mass is 322 g/mol. The fourth-order valence-corrected chi connectivity index (χ4v) is 2.70. The number of carbonyl (C=O) groups is 1. The maximum atomic E-state index is 12.1. The fourth-order valence-electron chi connectivity index (χ4n) is 2.04. The highest BCUT2D eigenvalue weighted by Gasteiger charge is 2.24. The van der Waals surface area contributed by atoms with E-state index in [4.69, 9.17) is 23.2 Å². The summed E-state index contributed by atoms with van der Waals surface area (Å²) in [6.07, 6.45) is 3.19. The number of nitrogens with one attached hydrogen (secondary N) is 1. The number of hydrogen-bond acceptors (Lipinski definition) is 2. The molecule has 0 saturated carbocycles. The highest BCUT2D eigenvalue weighted by Crippen LogP contribution is 2.31. The molecule has 0 aliphatic carbocycles. The van der Waals surface area contributed by atoms with Gasteiger partial charge in [-0.2, -0.15) is 0 Å². The molecule has 0 bridgehead atoms. The van der Waals surface area contributed by atoms with Gasteiger partial charge in [0.2, 0.25) is 0 Å². The van der Waals surface area contributed by atoms with Crippen LogP contribution in [0, 0.1) is 0 Å². The van der Waals surface area contributed by atoms with Crippen LogP contribution in [-0.4, -0.2) is 17.4 Å². The molecule has 0 unspecified atom stereocenters. The van der Waals surface area contributed by atoms with Gasteiger partial charge < -0.3 is 5.32 Å². The third kappa shape index (κ3) is 3.96. The first-order valence-corrected chi connectivity index (χ1v) is 7.29. The summed E-state index contributed by atoms with van der Waals surface area (Å²) in [5.41, 5.74) is 1.23. The molecule has 1 aromatic carbocycles. The minimum atomic E-state index is -0.301. The minimum absolute atomic E-state index is 0.129. The molecule has 21 heavy (non-hydrogen) atoms. The second-order valence-corrected chi connectivity index (χ2v) is 6.27. The van der Waals surface area contributed by atoms with Gasteiger partial charge in [-0.1, -0.05) is 43.1 Å². The Morgan fingerprint density at radius 1 is 1.19 bits per heavy atom. The van der Waals surface area contributed by atoms with Crippen LogP contribution in [0.15, 0.2) is 42.7 Å². The van der Waals surface area contributed by atoms with Crippen molar-refractivity contribution in [2.24, 2.45) is 0 Å². The summed E-state index contributed by atoms with van der Waals surface area (Å²) >= 11 is 12.2. The van der Waals surface area contributed by atoms with Gasteiger partial charge in [-0.15, -0.1) is 0 Å². The molecular weight excluding hydrogens is 307 g/mol. The molecule has 0 spiro atoms. The molecule has 1 heterocycles. The summed E-state index contributed by atoms with van der Waals surface area (Å²) in [4.78, 5) is 16.0. The van der Waals surface area contributed by atoms with Gasteiger partial charge in [-0.05, 0) is 29.8 Å². The first-order chi connectivity index (χ1) is 9.90. The predicted molar refractivity (Wildman–Crippen MR) is 86.1 cm³/mol. The largest absolute Gasteiger partial charge is 0.351 e. The van der Waals surface area contributed by atoms with E-state index < -0.39 is 0 Å². The van der Waals surface area contributed by atoms with Crippen molar-refractivity contribution < 1.29 is 4.79 Å². The lowest BCUT2D eigenvalue weighted by Gasteiger charge is -2.26. The molecule has 3 nitrogen and oxygen atoms in total. The average Bonchev–Trinajstić information content (AvgIpc) is 2.45. The van der Waals surface area contributed by atoms with Crippen molar-refractivity contribution in [3.63, 3.8) is 0 Å². The first kappa shape index (κ1) is 15.8. The molecule has 1 N–H and O–H groups in total. The quantitative estimate of drug-likeness (QED) is 0.920. The number of halogens is 2. The van der Waals surface area contributed by atoms with Crippen molar-refractivity contribution in [2.45, 2.75) is 19.3 Å². The van der Waals surface area contributed by atoms with E-state index in [0.717, 1.165) is 5.56 Å². The summed E-state index contributed by atoms with van der Waals surface area (Å²) in [5, 5.41) is 4.12. The van der Waals surface area contributed by atoms with Gasteiger partial charge in [0.25, 0.3) is 5.91 Å². The van der Waals surface area contributed by atoms with E-state index >= 15 is 0 Å². The standard InChI is InChI=1S/C16H16Cl2N2O/c1-16(2,13-4-3-12(17)9-14(13)18)10-20-15(21)11-5-7-19-8-6-11/h3-9H,10H2,1-2H3,(H,20,21). The van der Waals surface area contributed by atoms with Crippen LogP contribution in [0.25, 0.3) is 0 Å². The summed E-state index contributed by atoms with van der Waals surface area (Å²) in [7, 11) is 0. The Bertz CT molecular complexity index is 642. The summed E-state index contributed by atoms with van der Waals surface area (Å²) in [5.74, 6) is -0.129. The Morgan fingerprint density at radius 3 is 2.48 bits per heavy atom. The van der Waals surface area contributed by atoms with Crippen LogP contribution in [-0.2, 0) is 5.41 Å². The third-order valence-electron chi connectivity index (χ3n) is 3.29. The van der Waals surface area contributed by atoms with Crippen LogP contribution in [0.3, 0.4) is 0 Å². The van der Waals surface area contributed by atoms with E-state index in [9.17, 15) is 4.79 Å². The number of rotatable bonds is 4. The van der Waals surface area contributed by atoms with Crippen LogP contribution in [0.1, 0.15) is 29.8 Å². The molecule has 0 saturated heterocycles. The number of benzene rings is 1. The normalized spacial score (nSPS) is 11.2. The third-order valence-corrected chi connectivity index (χ3v) is 3.84. The van der Waals surface area contributed by atoms with Gasteiger partial charge in [0.1, 0.15) is 0 Å². The molecule has 0 atom stereocenters. The van der Waals surface area contributed by atoms with Crippen molar-refractivity contribution >= 4 is 29.1 Å². The van der Waals surface area contributed by atoms with Crippen molar-refractivity contribution in [1.82, 2.24) is 10.3 Å². The topological polar surface area (TPSA) is 42.0 Å². The van der Waals surface area contributed by atoms with E-state index in [1.165, 1.54) is 0 Å². The number of pyridine rings is 1. The highest BCUT2D eigenvalue weighted by molar-refractivity contribution is 6.35. The van der Waals surface area contributed by atoms with Crippen molar-refractivity contribution in [1.29, 1.82) is 0 Å². The maximum absolute atomic E-state index is 12.1. The number of aromatic nitrogens is 1. The van der Waals surface area contributed by atoms with Crippen molar-refractivity contribution in [2.75, 3.05) is 6.54 Å². The van der Waals surface area contributed by atoms with Crippen LogP contribution in [0.5, 0.6) is 0 Å². The Kier molecular flexibility index (Phi) is 4.86. The van der Waals surface area contributed by atoms with E-state index in [2.05, 4.69) is 10.3 Å². The first-order valence-electron chi connectivity index (χ1n) is 6.54. The number of carbonyl (C=O) groups excluding carboxylic acids is 1. The Morgan fingerprint density at radius 2 is 1.86 bits per heavy atom. The predicted octanol–water partition coefficient (Wildman–Crippen LogP) is 4.10. The van der Waals surface area contributed by atoms with E-state index in [0.29, 0.717) is 22.2 Å². The number of amides is 1. The van der Waals surface area contributed by atoms with E-state index in [1.54, 1.807) is 36.7 Å². The lowest BCUT2D eigenvalue weighted by molar-refractivity contribution is 0.0945. The van der Waals surface area contributed by atoms with Crippen LogP contribution < -0.4 is 5.32 Å². The highest BCUT2D eigenvalue weighted by atomic mass is 35.5. The summed E-state index contributed by atoms with van der Waals surface area (Å²) < 4.78 is 0. The zero-order chi connectivity index (χ0) is 15.5. The molecular formula is C16H16Cl2N2O. The fraction of sp³-hybridized carbons (Fsp3) is 0.250. The number of nitrogens with zero attached hydrogens (tertiary/aromatic N) is 1. The Labute approximate surface area is 134 Å². The van der Waals surface area contributed by atoms with Crippen molar-refractivity contribution in [3.8, 4) is 0 Å². The van der Waals surface area contributed by atoms with Gasteiger partial charge in [0.15, 0.2) is 0 Å². The molecule has 2 aromatic rings. The molecule has 0 aliphatic heterocycles. The van der Waals surface area contributed by atoms with Gasteiger partial charge in [0.05, 0.1) is 0 Å². The zero-order valence-corrected chi connectivity index (χ0v) is 13.4. The SMILES string of the molecule is CC(C)(CNC(=O)c1ccncc1)c1ccc(Cl)cc1Cl. The Hall–Kier alpha value is -1.58. The van der Waals surface area contributed by atoms with Crippen LogP contribution >= 0.6 is 23.2 Å². The van der Waals surface area contributed by atoms with Crippen LogP contribution in [0.4, 0.5) is 0 Å². The van der Waals surface area contributed by atoms with Gasteiger partial charge in [-0.3, -0.25) is 9.78 Å². The van der Waals surface area contributed by atoms with E-state index in [1.807, 2.05) is 19.9 Å². The van der Waals surface area contributed by atoms with E-state index in [-0.39, 0.29) is 11.3 Å². The molecule has 110 valence electrons. The average molecular weight is 323 g/mol.